The molecule has 1 fully saturated rings. The van der Waals surface area contributed by atoms with Crippen LogP contribution in [0, 0.1) is 11.7 Å². The van der Waals surface area contributed by atoms with Crippen molar-refractivity contribution in [3.8, 4) is 22.7 Å². The fourth-order valence-corrected chi connectivity index (χ4v) is 4.22. The molecule has 0 saturated carbocycles. The van der Waals surface area contributed by atoms with Crippen LogP contribution in [0.2, 0.25) is 0 Å². The Balaban J connectivity index is 1.66. The third-order valence-electron chi connectivity index (χ3n) is 6.03. The second-order valence-electron chi connectivity index (χ2n) is 8.36. The SMILES string of the molecule is COc1ccc(-c2nn(-c3ccccc3)cc2CN(C)CC2C(C)NNC2C)c(F)c1. The molecule has 1 aromatic heterocycles. The molecule has 2 aromatic carbocycles. The van der Waals surface area contributed by atoms with E-state index in [0.717, 1.165) is 17.8 Å². The number of rotatable bonds is 7. The molecule has 2 N–H and O–H groups in total. The minimum Gasteiger partial charge on any atom is -0.497 e. The fraction of sp³-hybridized carbons (Fsp3) is 0.375. The summed E-state index contributed by atoms with van der Waals surface area (Å²) in [5.41, 5.74) is 9.68. The summed E-state index contributed by atoms with van der Waals surface area (Å²) in [4.78, 5) is 2.28. The average molecular weight is 424 g/mol. The van der Waals surface area contributed by atoms with Gasteiger partial charge in [-0.15, -0.1) is 0 Å². The highest BCUT2D eigenvalue weighted by molar-refractivity contribution is 5.65. The number of benzene rings is 2. The van der Waals surface area contributed by atoms with E-state index in [2.05, 4.69) is 36.6 Å². The van der Waals surface area contributed by atoms with Gasteiger partial charge in [-0.05, 0) is 45.2 Å². The monoisotopic (exact) mass is 423 g/mol. The van der Waals surface area contributed by atoms with Crippen LogP contribution in [0.1, 0.15) is 19.4 Å². The van der Waals surface area contributed by atoms with Crippen molar-refractivity contribution in [3.05, 3.63) is 66.1 Å². The summed E-state index contributed by atoms with van der Waals surface area (Å²) in [6.45, 7) is 5.98. The van der Waals surface area contributed by atoms with Crippen LogP contribution in [0.25, 0.3) is 16.9 Å². The standard InChI is InChI=1S/C24H30FN5O/c1-16-22(17(2)27-26-16)15-29(3)13-18-14-30(19-8-6-5-7-9-19)28-24(18)21-11-10-20(31-4)12-23(21)25/h5-12,14,16-17,22,26-27H,13,15H2,1-4H3. The van der Waals surface area contributed by atoms with Gasteiger partial charge in [0.25, 0.3) is 0 Å². The van der Waals surface area contributed by atoms with Crippen molar-refractivity contribution < 1.29 is 9.13 Å². The molecule has 4 rings (SSSR count). The van der Waals surface area contributed by atoms with Crippen LogP contribution < -0.4 is 15.6 Å². The zero-order chi connectivity index (χ0) is 22.0. The van der Waals surface area contributed by atoms with Crippen LogP contribution in [0.4, 0.5) is 4.39 Å². The van der Waals surface area contributed by atoms with Gasteiger partial charge >= 0.3 is 0 Å². The highest BCUT2D eigenvalue weighted by Gasteiger charge is 2.30. The molecule has 2 unspecified atom stereocenters. The Bertz CT molecular complexity index is 1010. The number of hydrogen-bond donors (Lipinski definition) is 2. The maximum absolute atomic E-state index is 14.9. The Labute approximate surface area is 183 Å². The molecular formula is C24H30FN5O. The lowest BCUT2D eigenvalue weighted by molar-refractivity contribution is 0.249. The van der Waals surface area contributed by atoms with Gasteiger partial charge in [0.15, 0.2) is 0 Å². The van der Waals surface area contributed by atoms with E-state index in [1.54, 1.807) is 12.1 Å². The van der Waals surface area contributed by atoms with E-state index in [1.807, 2.05) is 41.2 Å². The number of aromatic nitrogens is 2. The van der Waals surface area contributed by atoms with Crippen molar-refractivity contribution in [3.63, 3.8) is 0 Å². The number of nitrogens with one attached hydrogen (secondary N) is 2. The lowest BCUT2D eigenvalue weighted by Crippen LogP contribution is -2.35. The zero-order valence-electron chi connectivity index (χ0n) is 18.5. The number of nitrogens with zero attached hydrogens (tertiary/aromatic N) is 3. The van der Waals surface area contributed by atoms with E-state index in [1.165, 1.54) is 13.2 Å². The second-order valence-corrected chi connectivity index (χ2v) is 8.36. The second kappa shape index (κ2) is 9.18. The van der Waals surface area contributed by atoms with Gasteiger partial charge in [-0.2, -0.15) is 5.10 Å². The summed E-state index contributed by atoms with van der Waals surface area (Å²) in [5.74, 6) is 0.634. The largest absolute Gasteiger partial charge is 0.497 e. The molecule has 0 radical (unpaired) electrons. The molecule has 0 amide bonds. The minimum atomic E-state index is -0.340. The highest BCUT2D eigenvalue weighted by Crippen LogP contribution is 2.30. The summed E-state index contributed by atoms with van der Waals surface area (Å²) in [6.07, 6.45) is 2.00. The molecule has 6 nitrogen and oxygen atoms in total. The summed E-state index contributed by atoms with van der Waals surface area (Å²) >= 11 is 0. The summed E-state index contributed by atoms with van der Waals surface area (Å²) < 4.78 is 21.9. The first-order valence-electron chi connectivity index (χ1n) is 10.6. The van der Waals surface area contributed by atoms with Crippen LogP contribution in [0.3, 0.4) is 0 Å². The normalized spacial score (nSPS) is 21.0. The first-order valence-corrected chi connectivity index (χ1v) is 10.6. The molecule has 164 valence electrons. The maximum atomic E-state index is 14.9. The molecule has 0 aliphatic carbocycles. The van der Waals surface area contributed by atoms with Gasteiger partial charge in [0, 0.05) is 54.5 Å². The van der Waals surface area contributed by atoms with Crippen LogP contribution in [-0.4, -0.2) is 47.5 Å². The van der Waals surface area contributed by atoms with Crippen LogP contribution in [0.5, 0.6) is 5.75 Å². The molecule has 1 saturated heterocycles. The maximum Gasteiger partial charge on any atom is 0.136 e. The smallest absolute Gasteiger partial charge is 0.136 e. The number of methoxy groups -OCH3 is 1. The third kappa shape index (κ3) is 4.63. The van der Waals surface area contributed by atoms with Gasteiger partial charge in [0.05, 0.1) is 12.8 Å². The van der Waals surface area contributed by atoms with Crippen molar-refractivity contribution in [1.29, 1.82) is 0 Å². The average Bonchev–Trinajstić information content (AvgIpc) is 3.32. The van der Waals surface area contributed by atoms with Crippen LogP contribution >= 0.6 is 0 Å². The van der Waals surface area contributed by atoms with Gasteiger partial charge in [-0.25, -0.2) is 9.07 Å². The predicted octanol–water partition coefficient (Wildman–Crippen LogP) is 3.62. The fourth-order valence-electron chi connectivity index (χ4n) is 4.22. The van der Waals surface area contributed by atoms with Gasteiger partial charge in [-0.3, -0.25) is 10.9 Å². The van der Waals surface area contributed by atoms with Gasteiger partial charge < -0.3 is 9.64 Å². The van der Waals surface area contributed by atoms with E-state index in [0.29, 0.717) is 41.6 Å². The Morgan fingerprint density at radius 1 is 1.10 bits per heavy atom. The molecule has 31 heavy (non-hydrogen) atoms. The number of ether oxygens (including phenoxy) is 1. The molecule has 1 aliphatic heterocycles. The lowest BCUT2D eigenvalue weighted by atomic mass is 9.96. The highest BCUT2D eigenvalue weighted by atomic mass is 19.1. The Hall–Kier alpha value is -2.74. The zero-order valence-corrected chi connectivity index (χ0v) is 18.5. The molecule has 2 heterocycles. The predicted molar refractivity (Wildman–Crippen MR) is 121 cm³/mol. The Kier molecular flexibility index (Phi) is 6.36. The molecule has 3 aromatic rings. The molecule has 0 bridgehead atoms. The van der Waals surface area contributed by atoms with E-state index < -0.39 is 0 Å². The Morgan fingerprint density at radius 3 is 2.45 bits per heavy atom. The van der Waals surface area contributed by atoms with Crippen molar-refractivity contribution in [2.75, 3.05) is 20.7 Å². The van der Waals surface area contributed by atoms with E-state index in [-0.39, 0.29) is 5.82 Å². The number of halogens is 1. The quantitative estimate of drug-likeness (QED) is 0.608. The third-order valence-corrected chi connectivity index (χ3v) is 6.03. The molecular weight excluding hydrogens is 393 g/mol. The summed E-state index contributed by atoms with van der Waals surface area (Å²) in [5, 5.41) is 4.77. The number of hydrogen-bond acceptors (Lipinski definition) is 5. The van der Waals surface area contributed by atoms with Crippen LogP contribution in [0.15, 0.2) is 54.7 Å². The van der Waals surface area contributed by atoms with Crippen molar-refractivity contribution in [2.45, 2.75) is 32.5 Å². The van der Waals surface area contributed by atoms with E-state index in [4.69, 9.17) is 9.84 Å². The van der Waals surface area contributed by atoms with Crippen LogP contribution in [-0.2, 0) is 6.54 Å². The number of para-hydroxylation sites is 1. The topological polar surface area (TPSA) is 54.4 Å². The number of hydrazine groups is 1. The van der Waals surface area contributed by atoms with Gasteiger partial charge in [-0.1, -0.05) is 18.2 Å². The minimum absolute atomic E-state index is 0.340. The molecule has 2 atom stereocenters. The van der Waals surface area contributed by atoms with Gasteiger partial charge in [0.2, 0.25) is 0 Å². The molecule has 1 aliphatic rings. The van der Waals surface area contributed by atoms with E-state index >= 15 is 0 Å². The lowest BCUT2D eigenvalue weighted by Gasteiger charge is -2.25. The molecule has 7 heteroatoms. The summed E-state index contributed by atoms with van der Waals surface area (Å²) in [6, 6.07) is 15.6. The Morgan fingerprint density at radius 2 is 1.81 bits per heavy atom. The van der Waals surface area contributed by atoms with Crippen molar-refractivity contribution in [2.24, 2.45) is 5.92 Å². The van der Waals surface area contributed by atoms with Gasteiger partial charge in [0.1, 0.15) is 17.3 Å². The van der Waals surface area contributed by atoms with E-state index in [9.17, 15) is 4.39 Å². The summed E-state index contributed by atoms with van der Waals surface area (Å²) in [7, 11) is 3.64. The van der Waals surface area contributed by atoms with Crippen molar-refractivity contribution >= 4 is 0 Å². The molecule has 0 spiro atoms. The van der Waals surface area contributed by atoms with Crippen molar-refractivity contribution in [1.82, 2.24) is 25.5 Å². The first-order chi connectivity index (χ1) is 15.0. The first kappa shape index (κ1) is 21.5.